The third kappa shape index (κ3) is 12.0. The molecule has 80 heavy (non-hydrogen) atoms. The predicted molar refractivity (Wildman–Crippen MR) is 313 cm³/mol. The second kappa shape index (κ2) is 24.4. The molecule has 10 heteroatoms. The van der Waals surface area contributed by atoms with E-state index < -0.39 is 5.41 Å². The first-order chi connectivity index (χ1) is 37.8. The van der Waals surface area contributed by atoms with Crippen molar-refractivity contribution >= 4 is 29.8 Å². The molecule has 16 saturated carbocycles. The van der Waals surface area contributed by atoms with Gasteiger partial charge in [0.15, 0.2) is 6.61 Å². The molecule has 16 aliphatic rings. The first-order valence-corrected chi connectivity index (χ1v) is 33.9. The second-order valence-corrected chi connectivity index (χ2v) is 31.4. The minimum absolute atomic E-state index is 0.0347. The maximum absolute atomic E-state index is 12.5. The summed E-state index contributed by atoms with van der Waals surface area (Å²) in [7, 11) is 0. The van der Waals surface area contributed by atoms with Crippen LogP contribution >= 0.6 is 0 Å². The Morgan fingerprint density at radius 3 is 1.02 bits per heavy atom. The van der Waals surface area contributed by atoms with Gasteiger partial charge in [-0.2, -0.15) is 0 Å². The molecule has 16 fully saturated rings. The Morgan fingerprint density at radius 1 is 0.412 bits per heavy atom. The smallest absolute Gasteiger partial charge is 0.344 e. The number of esters is 5. The molecule has 0 spiro atoms. The Labute approximate surface area is 485 Å². The van der Waals surface area contributed by atoms with E-state index in [9.17, 15) is 24.0 Å². The second-order valence-electron chi connectivity index (χ2n) is 31.4. The fourth-order valence-electron chi connectivity index (χ4n) is 20.6. The van der Waals surface area contributed by atoms with Crippen LogP contribution in [0.1, 0.15) is 257 Å². The molecule has 16 bridgehead atoms. The number of rotatable bonds is 16. The zero-order chi connectivity index (χ0) is 57.9. The van der Waals surface area contributed by atoms with Gasteiger partial charge in [-0.25, -0.2) is 4.79 Å². The van der Waals surface area contributed by atoms with Crippen molar-refractivity contribution in [1.29, 1.82) is 0 Å². The molecule has 3 atom stereocenters. The number of hydrogen-bond donors (Lipinski definition) is 0. The minimum atomic E-state index is -0.549. The van der Waals surface area contributed by atoms with E-state index in [0.717, 1.165) is 73.0 Å². The van der Waals surface area contributed by atoms with Crippen LogP contribution in [0.2, 0.25) is 0 Å². The van der Waals surface area contributed by atoms with Gasteiger partial charge in [0.2, 0.25) is 0 Å². The summed E-state index contributed by atoms with van der Waals surface area (Å²) in [5.74, 6) is 12.1. The van der Waals surface area contributed by atoms with E-state index in [2.05, 4.69) is 55.4 Å². The fraction of sp³-hybridized carbons (Fsp3) is 0.929. The zero-order valence-corrected chi connectivity index (χ0v) is 53.0. The molecule has 0 radical (unpaired) electrons. The van der Waals surface area contributed by atoms with Gasteiger partial charge in [-0.1, -0.05) is 69.2 Å². The van der Waals surface area contributed by atoms with E-state index in [4.69, 9.17) is 23.7 Å². The Bertz CT molecular complexity index is 2080. The quantitative estimate of drug-likeness (QED) is 0.109. The number of hydrogen-bond acceptors (Lipinski definition) is 10. The van der Waals surface area contributed by atoms with Gasteiger partial charge in [-0.3, -0.25) is 19.2 Å². The molecular formula is C70H114O10. The van der Waals surface area contributed by atoms with Crippen molar-refractivity contribution < 1.29 is 47.7 Å². The number of carbonyl (C=O) groups excluding carboxylic acids is 5. The van der Waals surface area contributed by atoms with Crippen molar-refractivity contribution in [2.75, 3.05) is 6.61 Å². The first kappa shape index (κ1) is 61.9. The molecule has 0 aromatic heterocycles. The highest BCUT2D eigenvalue weighted by molar-refractivity contribution is 5.80. The minimum Gasteiger partial charge on any atom is -0.459 e. The molecule has 0 saturated heterocycles. The SMILES string of the molecule is CCC(C)(C)C(=O)OCC(=O)OC1(C)C2CC3CC(C2)CC1C3.CCC(C)C(=O)OC1(C(C)C)C2CC3CC(C2)CC1C3.CCC(C)C(=O)OC1(C)C2CC3CC(C2)CC1C3.CCC(C)C(=O)OC1(CC)C2CC3CC(C2)CC1C3. The standard InChI is InChI=1S/C19H30O4.C18H30O2.C17H28O2.C16H26O2/c1-5-18(2,3)17(21)22-11-16(20)23-19(4)14-7-12-6-13(9-14)10-15(19)8-12;1-5-12(4)17(19)20-18(11(2)3)15-7-13-6-14(9-15)10-16(18)8-13;1-4-11(3)16(18)19-17(5-2)14-7-12-6-13(9-14)10-15(17)8-12;1-4-10(2)15(17)18-16(3)13-6-11-5-12(8-13)9-14(16)7-11/h12-15H,5-11H2,1-4H3;11-16H,5-10H2,1-4H3;11-15H,4-10H2,1-3H3;10-14H,4-9H2,1-3H3. The van der Waals surface area contributed by atoms with Crippen molar-refractivity contribution in [2.45, 2.75) is 280 Å². The summed E-state index contributed by atoms with van der Waals surface area (Å²) in [5.41, 5.74) is -1.29. The molecule has 0 N–H and O–H groups in total. The van der Waals surface area contributed by atoms with E-state index in [1.807, 2.05) is 41.5 Å². The van der Waals surface area contributed by atoms with E-state index in [0.29, 0.717) is 59.7 Å². The lowest BCUT2D eigenvalue weighted by atomic mass is 9.47. The van der Waals surface area contributed by atoms with Crippen LogP contribution in [0.4, 0.5) is 0 Å². The van der Waals surface area contributed by atoms with Gasteiger partial charge in [0.05, 0.1) is 23.2 Å². The maximum atomic E-state index is 12.5. The molecule has 3 unspecified atom stereocenters. The highest BCUT2D eigenvalue weighted by Gasteiger charge is 2.63. The van der Waals surface area contributed by atoms with Crippen LogP contribution in [0.25, 0.3) is 0 Å². The fourth-order valence-corrected chi connectivity index (χ4v) is 20.6. The lowest BCUT2D eigenvalue weighted by Crippen LogP contribution is -2.62. The molecule has 454 valence electrons. The molecule has 10 nitrogen and oxygen atoms in total. The monoisotopic (exact) mass is 1110 g/mol. The van der Waals surface area contributed by atoms with Crippen LogP contribution < -0.4 is 0 Å². The average Bonchev–Trinajstić information content (AvgIpc) is 3.53. The van der Waals surface area contributed by atoms with Gasteiger partial charge >= 0.3 is 29.8 Å². The van der Waals surface area contributed by atoms with Crippen LogP contribution in [-0.4, -0.2) is 58.9 Å². The summed E-state index contributed by atoms with van der Waals surface area (Å²) in [6, 6.07) is 0. The number of carbonyl (C=O) groups is 5. The summed E-state index contributed by atoms with van der Waals surface area (Å²) in [5, 5.41) is 0. The Balaban J connectivity index is 0.000000130. The Hall–Kier alpha value is -2.65. The topological polar surface area (TPSA) is 132 Å². The van der Waals surface area contributed by atoms with Crippen LogP contribution in [0.15, 0.2) is 0 Å². The van der Waals surface area contributed by atoms with Gasteiger partial charge in [-0.15, -0.1) is 0 Å². The first-order valence-electron chi connectivity index (χ1n) is 33.9. The van der Waals surface area contributed by atoms with Crippen molar-refractivity contribution in [3.8, 4) is 0 Å². The normalized spacial score (nSPS) is 43.3. The number of ether oxygens (including phenoxy) is 5. The van der Waals surface area contributed by atoms with Crippen LogP contribution in [-0.2, 0) is 47.7 Å². The summed E-state index contributed by atoms with van der Waals surface area (Å²) in [4.78, 5) is 61.2. The molecule has 0 amide bonds. The van der Waals surface area contributed by atoms with Crippen molar-refractivity contribution in [3.05, 3.63) is 0 Å². The lowest BCUT2D eigenvalue weighted by Gasteiger charge is -2.62. The van der Waals surface area contributed by atoms with Crippen LogP contribution in [0.5, 0.6) is 0 Å². The summed E-state index contributed by atoms with van der Waals surface area (Å²) >= 11 is 0. The van der Waals surface area contributed by atoms with Crippen LogP contribution in [0, 0.1) is 124 Å². The highest BCUT2D eigenvalue weighted by atomic mass is 16.6. The summed E-state index contributed by atoms with van der Waals surface area (Å²) in [6.45, 7) is 28.6. The Morgan fingerprint density at radius 2 is 0.713 bits per heavy atom. The van der Waals surface area contributed by atoms with E-state index in [-0.39, 0.29) is 76.6 Å². The molecule has 0 aromatic rings. The molecule has 0 heterocycles. The van der Waals surface area contributed by atoms with Gasteiger partial charge in [0.25, 0.3) is 0 Å². The third-order valence-corrected chi connectivity index (χ3v) is 25.9. The highest BCUT2D eigenvalue weighted by Crippen LogP contribution is 2.64. The molecule has 0 aromatic carbocycles. The van der Waals surface area contributed by atoms with E-state index in [1.165, 1.54) is 128 Å². The average molecular weight is 1120 g/mol. The van der Waals surface area contributed by atoms with Gasteiger partial charge in [0, 0.05) is 0 Å². The summed E-state index contributed by atoms with van der Waals surface area (Å²) < 4.78 is 29.6. The molecule has 16 rings (SSSR count). The Kier molecular flexibility index (Phi) is 18.9. The van der Waals surface area contributed by atoms with Crippen molar-refractivity contribution in [3.63, 3.8) is 0 Å². The van der Waals surface area contributed by atoms with Gasteiger partial charge in [-0.05, 0) is 289 Å². The summed E-state index contributed by atoms with van der Waals surface area (Å²) in [6.07, 6.45) is 30.5. The largest absolute Gasteiger partial charge is 0.459 e. The zero-order valence-electron chi connectivity index (χ0n) is 53.0. The van der Waals surface area contributed by atoms with E-state index in [1.54, 1.807) is 0 Å². The maximum Gasteiger partial charge on any atom is 0.344 e. The van der Waals surface area contributed by atoms with Crippen molar-refractivity contribution in [2.24, 2.45) is 124 Å². The third-order valence-electron chi connectivity index (χ3n) is 25.9. The molecular weight excluding hydrogens is 1000 g/mol. The molecule has 16 aliphatic carbocycles. The van der Waals surface area contributed by atoms with Crippen LogP contribution in [0.3, 0.4) is 0 Å². The van der Waals surface area contributed by atoms with E-state index >= 15 is 0 Å². The lowest BCUT2D eigenvalue weighted by molar-refractivity contribution is -0.227. The predicted octanol–water partition coefficient (Wildman–Crippen LogP) is 16.1. The van der Waals surface area contributed by atoms with Crippen molar-refractivity contribution in [1.82, 2.24) is 0 Å². The van der Waals surface area contributed by atoms with Gasteiger partial charge in [0.1, 0.15) is 22.4 Å². The van der Waals surface area contributed by atoms with Gasteiger partial charge < -0.3 is 23.7 Å². The molecule has 0 aliphatic heterocycles.